The Morgan fingerprint density at radius 2 is 2.26 bits per heavy atom. The molecule has 19 heavy (non-hydrogen) atoms. The molecule has 1 heterocycles. The van der Waals surface area contributed by atoms with Crippen LogP contribution in [0.25, 0.3) is 0 Å². The molecule has 0 unspecified atom stereocenters. The van der Waals surface area contributed by atoms with Crippen LogP contribution in [0.5, 0.6) is 11.5 Å². The first-order chi connectivity index (χ1) is 8.98. The molecular formula is C12H13F2NO4. The van der Waals surface area contributed by atoms with Gasteiger partial charge in [0.2, 0.25) is 6.79 Å². The van der Waals surface area contributed by atoms with Gasteiger partial charge in [0.05, 0.1) is 6.61 Å². The Hall–Kier alpha value is -1.89. The van der Waals surface area contributed by atoms with Crippen molar-refractivity contribution >= 4 is 5.97 Å². The zero-order valence-corrected chi connectivity index (χ0v) is 10.2. The third-order valence-electron chi connectivity index (χ3n) is 2.70. The van der Waals surface area contributed by atoms with Crippen LogP contribution >= 0.6 is 0 Å². The van der Waals surface area contributed by atoms with Crippen LogP contribution in [0, 0.1) is 0 Å². The molecule has 1 aliphatic heterocycles. The number of halogens is 2. The van der Waals surface area contributed by atoms with Gasteiger partial charge in [-0.1, -0.05) is 12.1 Å². The molecule has 5 nitrogen and oxygen atoms in total. The third-order valence-corrected chi connectivity index (χ3v) is 2.70. The Morgan fingerprint density at radius 3 is 2.95 bits per heavy atom. The molecule has 0 saturated heterocycles. The zero-order chi connectivity index (χ0) is 14.0. The second-order valence-corrected chi connectivity index (χ2v) is 3.90. The maximum atomic E-state index is 13.9. The zero-order valence-electron chi connectivity index (χ0n) is 10.2. The first-order valence-electron chi connectivity index (χ1n) is 5.67. The highest BCUT2D eigenvalue weighted by atomic mass is 19.3. The van der Waals surface area contributed by atoms with E-state index < -0.39 is 17.9 Å². The molecule has 2 N–H and O–H groups in total. The molecule has 0 spiro atoms. The molecule has 104 valence electrons. The molecule has 0 bridgehead atoms. The van der Waals surface area contributed by atoms with Crippen LogP contribution in [0.3, 0.4) is 0 Å². The van der Waals surface area contributed by atoms with Gasteiger partial charge in [-0.15, -0.1) is 0 Å². The lowest BCUT2D eigenvalue weighted by atomic mass is 10.00. The van der Waals surface area contributed by atoms with Crippen LogP contribution in [-0.4, -0.2) is 25.3 Å². The van der Waals surface area contributed by atoms with E-state index in [1.54, 1.807) is 6.07 Å². The topological polar surface area (TPSA) is 70.8 Å². The van der Waals surface area contributed by atoms with Crippen LogP contribution in [0.1, 0.15) is 18.5 Å². The van der Waals surface area contributed by atoms with Crippen LogP contribution in [0.4, 0.5) is 8.78 Å². The van der Waals surface area contributed by atoms with E-state index in [4.69, 9.17) is 15.2 Å². The molecule has 0 fully saturated rings. The number of carbonyl (C=O) groups is 1. The first-order valence-corrected chi connectivity index (χ1v) is 5.67. The van der Waals surface area contributed by atoms with Gasteiger partial charge in [-0.3, -0.25) is 0 Å². The molecule has 1 aromatic rings. The summed E-state index contributed by atoms with van der Waals surface area (Å²) >= 11 is 0. The highest BCUT2D eigenvalue weighted by molar-refractivity contribution is 5.79. The number of esters is 1. The summed E-state index contributed by atoms with van der Waals surface area (Å²) in [7, 11) is 0. The van der Waals surface area contributed by atoms with Crippen molar-refractivity contribution in [1.82, 2.24) is 0 Å². The smallest absolute Gasteiger partial charge is 0.379 e. The highest BCUT2D eigenvalue weighted by Gasteiger charge is 2.49. The van der Waals surface area contributed by atoms with Crippen molar-refractivity contribution in [2.45, 2.75) is 18.9 Å². The van der Waals surface area contributed by atoms with Crippen molar-refractivity contribution in [1.29, 1.82) is 0 Å². The lowest BCUT2D eigenvalue weighted by Crippen LogP contribution is -2.41. The molecular weight excluding hydrogens is 260 g/mol. The predicted molar refractivity (Wildman–Crippen MR) is 61.1 cm³/mol. The minimum Gasteiger partial charge on any atom is -0.462 e. The fourth-order valence-electron chi connectivity index (χ4n) is 1.75. The van der Waals surface area contributed by atoms with E-state index in [0.717, 1.165) is 0 Å². The summed E-state index contributed by atoms with van der Waals surface area (Å²) in [6, 6.07) is 2.58. The molecule has 1 aromatic carbocycles. The number of para-hydroxylation sites is 1. The van der Waals surface area contributed by atoms with Crippen LogP contribution in [-0.2, 0) is 9.53 Å². The predicted octanol–water partition coefficient (Wildman–Crippen LogP) is 1.61. The summed E-state index contributed by atoms with van der Waals surface area (Å²) in [5.74, 6) is -5.03. The Labute approximate surface area is 108 Å². The van der Waals surface area contributed by atoms with Gasteiger partial charge in [0, 0.05) is 5.56 Å². The number of rotatable bonds is 4. The van der Waals surface area contributed by atoms with E-state index in [1.807, 2.05) is 0 Å². The Balaban J connectivity index is 2.32. The minimum absolute atomic E-state index is 0.00746. The van der Waals surface area contributed by atoms with E-state index in [0.29, 0.717) is 5.75 Å². The van der Waals surface area contributed by atoms with Gasteiger partial charge in [0.1, 0.15) is 6.04 Å². The Bertz CT molecular complexity index is 493. The van der Waals surface area contributed by atoms with E-state index in [9.17, 15) is 13.6 Å². The third kappa shape index (κ3) is 2.33. The summed E-state index contributed by atoms with van der Waals surface area (Å²) in [4.78, 5) is 11.3. The van der Waals surface area contributed by atoms with Crippen LogP contribution < -0.4 is 15.2 Å². The lowest BCUT2D eigenvalue weighted by Gasteiger charge is -2.22. The molecule has 7 heteroatoms. The second-order valence-electron chi connectivity index (χ2n) is 3.90. The largest absolute Gasteiger partial charge is 0.462 e. The van der Waals surface area contributed by atoms with Gasteiger partial charge >= 0.3 is 11.9 Å². The van der Waals surface area contributed by atoms with E-state index in [2.05, 4.69) is 4.74 Å². The molecule has 0 radical (unpaired) electrons. The number of hydrogen-bond donors (Lipinski definition) is 1. The molecule has 0 saturated carbocycles. The quantitative estimate of drug-likeness (QED) is 0.844. The number of fused-ring (bicyclic) bond motifs is 1. The van der Waals surface area contributed by atoms with Crippen molar-refractivity contribution in [3.05, 3.63) is 23.8 Å². The molecule has 0 aromatic heterocycles. The normalized spacial score (nSPS) is 15.2. The first kappa shape index (κ1) is 13.5. The maximum absolute atomic E-state index is 13.9. The number of ether oxygens (including phenoxy) is 3. The van der Waals surface area contributed by atoms with Crippen molar-refractivity contribution < 1.29 is 27.8 Å². The summed E-state index contributed by atoms with van der Waals surface area (Å²) in [5, 5.41) is 0. The van der Waals surface area contributed by atoms with Crippen molar-refractivity contribution in [3.63, 3.8) is 0 Å². The van der Waals surface area contributed by atoms with Gasteiger partial charge < -0.3 is 19.9 Å². The van der Waals surface area contributed by atoms with E-state index >= 15 is 0 Å². The average molecular weight is 273 g/mol. The van der Waals surface area contributed by atoms with Crippen molar-refractivity contribution in [2.24, 2.45) is 5.73 Å². The SMILES string of the molecule is CCOC(=O)C(F)(F)[C@@H](N)c1cccc2c1OCO2. The maximum Gasteiger partial charge on any atom is 0.379 e. The second kappa shape index (κ2) is 5.00. The molecule has 1 aliphatic rings. The number of carbonyl (C=O) groups excluding carboxylic acids is 1. The highest BCUT2D eigenvalue weighted by Crippen LogP contribution is 2.42. The monoisotopic (exact) mass is 273 g/mol. The van der Waals surface area contributed by atoms with Crippen molar-refractivity contribution in [3.8, 4) is 11.5 Å². The van der Waals surface area contributed by atoms with Crippen LogP contribution in [0.2, 0.25) is 0 Å². The fourth-order valence-corrected chi connectivity index (χ4v) is 1.75. The average Bonchev–Trinajstić information content (AvgIpc) is 2.86. The standard InChI is InChI=1S/C12H13F2NO4/c1-2-17-11(16)12(13,14)10(15)7-4-3-5-8-9(7)19-6-18-8/h3-5,10H,2,6,15H2,1H3/t10-/m0/s1. The molecule has 1 atom stereocenters. The van der Waals surface area contributed by atoms with Crippen molar-refractivity contribution in [2.75, 3.05) is 13.4 Å². The molecule has 0 aliphatic carbocycles. The van der Waals surface area contributed by atoms with Gasteiger partial charge in [0.25, 0.3) is 0 Å². The Kier molecular flexibility index (Phi) is 3.57. The molecule has 0 amide bonds. The van der Waals surface area contributed by atoms with Gasteiger partial charge in [-0.2, -0.15) is 8.78 Å². The van der Waals surface area contributed by atoms with Gasteiger partial charge in [-0.05, 0) is 13.0 Å². The van der Waals surface area contributed by atoms with Gasteiger partial charge in [-0.25, -0.2) is 4.79 Å². The number of nitrogens with two attached hydrogens (primary N) is 1. The fraction of sp³-hybridized carbons (Fsp3) is 0.417. The molecule has 2 rings (SSSR count). The summed E-state index contributed by atoms with van der Waals surface area (Å²) in [6.07, 6.45) is 0. The summed E-state index contributed by atoms with van der Waals surface area (Å²) < 4.78 is 42.2. The van der Waals surface area contributed by atoms with E-state index in [-0.39, 0.29) is 24.7 Å². The van der Waals surface area contributed by atoms with Gasteiger partial charge in [0.15, 0.2) is 11.5 Å². The minimum atomic E-state index is -3.84. The summed E-state index contributed by atoms with van der Waals surface area (Å²) in [6.45, 7) is 1.23. The lowest BCUT2D eigenvalue weighted by molar-refractivity contribution is -0.174. The number of alkyl halides is 2. The Morgan fingerprint density at radius 1 is 1.53 bits per heavy atom. The summed E-state index contributed by atoms with van der Waals surface area (Å²) in [5.41, 5.74) is 5.50. The van der Waals surface area contributed by atoms with E-state index in [1.165, 1.54) is 19.1 Å². The van der Waals surface area contributed by atoms with Crippen LogP contribution in [0.15, 0.2) is 18.2 Å². The number of hydrogen-bond acceptors (Lipinski definition) is 5. The number of benzene rings is 1.